The molecule has 0 saturated heterocycles. The van der Waals surface area contributed by atoms with Gasteiger partial charge < -0.3 is 5.32 Å². The van der Waals surface area contributed by atoms with Crippen LogP contribution >= 0.6 is 11.8 Å². The number of likely N-dealkylation sites (N-methyl/N-ethyl adjacent to an activating group) is 1. The zero-order valence-corrected chi connectivity index (χ0v) is 9.70. The van der Waals surface area contributed by atoms with Crippen LogP contribution in [0.5, 0.6) is 0 Å². The molecular formula is C11H15F2NS. The number of thioether (sulfide) groups is 1. The van der Waals surface area contributed by atoms with Crippen molar-refractivity contribution in [2.24, 2.45) is 0 Å². The third-order valence-corrected chi connectivity index (χ3v) is 2.84. The summed E-state index contributed by atoms with van der Waals surface area (Å²) < 4.78 is 27.0. The predicted molar refractivity (Wildman–Crippen MR) is 60.7 cm³/mol. The summed E-state index contributed by atoms with van der Waals surface area (Å²) in [4.78, 5) is 0.894. The molecular weight excluding hydrogens is 216 g/mol. The minimum absolute atomic E-state index is 0.0790. The van der Waals surface area contributed by atoms with Gasteiger partial charge in [-0.2, -0.15) is 8.78 Å². The maximum Gasteiger partial charge on any atom is 0.285 e. The molecule has 0 spiro atoms. The van der Waals surface area contributed by atoms with E-state index in [0.717, 1.165) is 10.6 Å². The first-order valence-electron chi connectivity index (χ1n) is 4.86. The van der Waals surface area contributed by atoms with E-state index in [9.17, 15) is 8.78 Å². The summed E-state index contributed by atoms with van der Waals surface area (Å²) in [6, 6.07) is 6.56. The summed E-state index contributed by atoms with van der Waals surface area (Å²) in [6.07, 6.45) is 0. The number of nitrogens with one attached hydrogen (secondary N) is 1. The van der Waals surface area contributed by atoms with Crippen LogP contribution in [0.3, 0.4) is 0 Å². The van der Waals surface area contributed by atoms with Crippen molar-refractivity contribution in [2.45, 2.75) is 17.7 Å². The Morgan fingerprint density at radius 2 is 2.13 bits per heavy atom. The second-order valence-corrected chi connectivity index (χ2v) is 4.53. The molecule has 1 N–H and O–H groups in total. The van der Waals surface area contributed by atoms with Crippen LogP contribution in [0.15, 0.2) is 29.2 Å². The van der Waals surface area contributed by atoms with E-state index in [2.05, 4.69) is 5.32 Å². The van der Waals surface area contributed by atoms with E-state index in [0.29, 0.717) is 0 Å². The van der Waals surface area contributed by atoms with Gasteiger partial charge in [0.15, 0.2) is 0 Å². The molecule has 84 valence electrons. The summed E-state index contributed by atoms with van der Waals surface area (Å²) in [7, 11) is 1.53. The molecule has 4 heteroatoms. The molecule has 1 aromatic rings. The second kappa shape index (κ2) is 5.47. The summed E-state index contributed by atoms with van der Waals surface area (Å²) in [5.74, 6) is -1.90. The smallest absolute Gasteiger partial charge is 0.285 e. The fourth-order valence-electron chi connectivity index (χ4n) is 1.30. The predicted octanol–water partition coefficient (Wildman–Crippen LogP) is 3.11. The zero-order valence-electron chi connectivity index (χ0n) is 8.89. The van der Waals surface area contributed by atoms with Crippen LogP contribution in [0, 0.1) is 0 Å². The van der Waals surface area contributed by atoms with Crippen molar-refractivity contribution in [1.82, 2.24) is 5.32 Å². The number of hydrogen-bond acceptors (Lipinski definition) is 2. The summed E-state index contributed by atoms with van der Waals surface area (Å²) in [5.41, 5.74) is 0.0790. The molecule has 0 bridgehead atoms. The van der Waals surface area contributed by atoms with Crippen LogP contribution < -0.4 is 5.32 Å². The Morgan fingerprint density at radius 3 is 2.73 bits per heavy atom. The number of benzene rings is 1. The van der Waals surface area contributed by atoms with Crippen molar-refractivity contribution in [3.8, 4) is 0 Å². The topological polar surface area (TPSA) is 12.0 Å². The molecule has 0 amide bonds. The first-order valence-corrected chi connectivity index (χ1v) is 5.84. The van der Waals surface area contributed by atoms with Crippen molar-refractivity contribution in [3.63, 3.8) is 0 Å². The summed E-state index contributed by atoms with van der Waals surface area (Å²) >= 11 is 1.57. The highest BCUT2D eigenvalue weighted by atomic mass is 32.2. The van der Waals surface area contributed by atoms with Gasteiger partial charge >= 0.3 is 0 Å². The number of halogens is 2. The SMILES string of the molecule is CCSc1cccc(C(F)(F)CNC)c1. The summed E-state index contributed by atoms with van der Waals surface area (Å²) in [6.45, 7) is 1.68. The lowest BCUT2D eigenvalue weighted by Crippen LogP contribution is -2.28. The van der Waals surface area contributed by atoms with Gasteiger partial charge in [-0.25, -0.2) is 0 Å². The van der Waals surface area contributed by atoms with Gasteiger partial charge in [0.05, 0.1) is 6.54 Å². The maximum atomic E-state index is 13.5. The van der Waals surface area contributed by atoms with Gasteiger partial charge in [0.2, 0.25) is 0 Å². The van der Waals surface area contributed by atoms with Crippen LogP contribution in [0.4, 0.5) is 8.78 Å². The average Bonchev–Trinajstić information content (AvgIpc) is 2.19. The first kappa shape index (κ1) is 12.5. The van der Waals surface area contributed by atoms with Gasteiger partial charge in [0.25, 0.3) is 5.92 Å². The Bertz CT molecular complexity index is 315. The highest BCUT2D eigenvalue weighted by Crippen LogP contribution is 2.30. The Hall–Kier alpha value is -0.610. The van der Waals surface area contributed by atoms with E-state index in [1.807, 2.05) is 13.0 Å². The third kappa shape index (κ3) is 3.47. The van der Waals surface area contributed by atoms with Gasteiger partial charge in [-0.15, -0.1) is 11.8 Å². The standard InChI is InChI=1S/C11H15F2NS/c1-3-15-10-6-4-5-9(7-10)11(12,13)8-14-2/h4-7,14H,3,8H2,1-2H3. The molecule has 0 saturated carbocycles. The fourth-order valence-corrected chi connectivity index (χ4v) is 2.02. The van der Waals surface area contributed by atoms with E-state index in [1.165, 1.54) is 13.1 Å². The molecule has 0 aromatic heterocycles. The quantitative estimate of drug-likeness (QED) is 0.781. The fraction of sp³-hybridized carbons (Fsp3) is 0.455. The van der Waals surface area contributed by atoms with Crippen LogP contribution in [0.1, 0.15) is 12.5 Å². The van der Waals surface area contributed by atoms with Crippen molar-refractivity contribution < 1.29 is 8.78 Å². The van der Waals surface area contributed by atoms with Crippen LogP contribution in [-0.2, 0) is 5.92 Å². The second-order valence-electron chi connectivity index (χ2n) is 3.20. The van der Waals surface area contributed by atoms with E-state index in [4.69, 9.17) is 0 Å². The van der Waals surface area contributed by atoms with Gasteiger partial charge in [0.1, 0.15) is 0 Å². The Kier molecular flexibility index (Phi) is 4.54. The molecule has 15 heavy (non-hydrogen) atoms. The van der Waals surface area contributed by atoms with Crippen molar-refractivity contribution in [1.29, 1.82) is 0 Å². The van der Waals surface area contributed by atoms with Crippen molar-refractivity contribution >= 4 is 11.8 Å². The molecule has 0 unspecified atom stereocenters. The highest BCUT2D eigenvalue weighted by molar-refractivity contribution is 7.99. The maximum absolute atomic E-state index is 13.5. The van der Waals surface area contributed by atoms with E-state index < -0.39 is 5.92 Å². The molecule has 0 heterocycles. The number of hydrogen-bond donors (Lipinski definition) is 1. The van der Waals surface area contributed by atoms with Gasteiger partial charge in [-0.05, 0) is 24.9 Å². The Balaban J connectivity index is 2.88. The molecule has 0 radical (unpaired) electrons. The minimum atomic E-state index is -2.79. The highest BCUT2D eigenvalue weighted by Gasteiger charge is 2.30. The van der Waals surface area contributed by atoms with E-state index in [1.54, 1.807) is 23.9 Å². The molecule has 1 aromatic carbocycles. The first-order chi connectivity index (χ1) is 7.10. The molecule has 0 atom stereocenters. The normalized spacial score (nSPS) is 11.7. The van der Waals surface area contributed by atoms with Crippen molar-refractivity contribution in [3.05, 3.63) is 29.8 Å². The van der Waals surface area contributed by atoms with Crippen LogP contribution in [0.2, 0.25) is 0 Å². The lowest BCUT2D eigenvalue weighted by atomic mass is 10.1. The summed E-state index contributed by atoms with van der Waals surface area (Å²) in [5, 5.41) is 2.50. The molecule has 1 nitrogen and oxygen atoms in total. The number of alkyl halides is 2. The van der Waals surface area contributed by atoms with Crippen molar-refractivity contribution in [2.75, 3.05) is 19.3 Å². The third-order valence-electron chi connectivity index (χ3n) is 1.97. The monoisotopic (exact) mass is 231 g/mol. The molecule has 0 fully saturated rings. The van der Waals surface area contributed by atoms with Gasteiger partial charge in [0, 0.05) is 10.5 Å². The van der Waals surface area contributed by atoms with Crippen LogP contribution in [0.25, 0.3) is 0 Å². The number of rotatable bonds is 5. The molecule has 1 rings (SSSR count). The molecule has 0 aliphatic heterocycles. The largest absolute Gasteiger partial charge is 0.314 e. The van der Waals surface area contributed by atoms with Gasteiger partial charge in [-0.3, -0.25) is 0 Å². The minimum Gasteiger partial charge on any atom is -0.314 e. The van der Waals surface area contributed by atoms with Crippen LogP contribution in [-0.4, -0.2) is 19.3 Å². The van der Waals surface area contributed by atoms with E-state index in [-0.39, 0.29) is 12.1 Å². The van der Waals surface area contributed by atoms with E-state index >= 15 is 0 Å². The molecule has 0 aliphatic carbocycles. The molecule has 0 aliphatic rings. The zero-order chi connectivity index (χ0) is 11.3. The lowest BCUT2D eigenvalue weighted by molar-refractivity contribution is -0.00145. The average molecular weight is 231 g/mol. The Morgan fingerprint density at radius 1 is 1.40 bits per heavy atom. The van der Waals surface area contributed by atoms with Gasteiger partial charge in [-0.1, -0.05) is 19.1 Å². The lowest BCUT2D eigenvalue weighted by Gasteiger charge is -2.16. The Labute approximate surface area is 93.3 Å².